The number of anilines is 1. The largest absolute Gasteiger partial charge is 0.364 e. The van der Waals surface area contributed by atoms with Gasteiger partial charge in [0.2, 0.25) is 5.91 Å². The molecule has 0 radical (unpaired) electrons. The maximum Gasteiger partial charge on any atom is 0.224 e. The summed E-state index contributed by atoms with van der Waals surface area (Å²) in [6, 6.07) is 4.41. The molecule has 1 fully saturated rings. The average Bonchev–Trinajstić information content (AvgIpc) is 2.79. The highest BCUT2D eigenvalue weighted by Gasteiger charge is 2.28. The lowest BCUT2D eigenvalue weighted by molar-refractivity contribution is -0.127. The zero-order valence-electron chi connectivity index (χ0n) is 11.1. The minimum atomic E-state index is -0.326. The van der Waals surface area contributed by atoms with E-state index in [-0.39, 0.29) is 17.8 Å². The van der Waals surface area contributed by atoms with E-state index in [1.807, 2.05) is 6.92 Å². The van der Waals surface area contributed by atoms with Crippen LogP contribution < -0.4 is 5.32 Å². The second kappa shape index (κ2) is 5.03. The number of likely N-dealkylation sites (tertiary alicyclic amines) is 1. The van der Waals surface area contributed by atoms with Gasteiger partial charge in [0.1, 0.15) is 18.0 Å². The molecule has 0 aliphatic carbocycles. The highest BCUT2D eigenvalue weighted by molar-refractivity contribution is 5.89. The molecule has 1 aromatic carbocycles. The van der Waals surface area contributed by atoms with Crippen molar-refractivity contribution in [3.63, 3.8) is 0 Å². The fraction of sp³-hybridized carbons (Fsp3) is 0.357. The number of nitrogens with zero attached hydrogens (tertiary/aromatic N) is 3. The number of hydrogen-bond donors (Lipinski definition) is 1. The Bertz CT molecular complexity index is 661. The van der Waals surface area contributed by atoms with Gasteiger partial charge in [-0.05, 0) is 25.1 Å². The van der Waals surface area contributed by atoms with Crippen molar-refractivity contribution < 1.29 is 9.18 Å². The van der Waals surface area contributed by atoms with Crippen LogP contribution in [-0.2, 0) is 4.79 Å². The van der Waals surface area contributed by atoms with Crippen LogP contribution in [0.4, 0.5) is 10.2 Å². The Hall–Kier alpha value is -2.24. The number of hydrogen-bond acceptors (Lipinski definition) is 4. The fourth-order valence-corrected chi connectivity index (χ4v) is 2.51. The first-order valence-corrected chi connectivity index (χ1v) is 6.62. The molecule has 1 aromatic heterocycles. The van der Waals surface area contributed by atoms with Crippen molar-refractivity contribution in [2.75, 3.05) is 18.4 Å². The van der Waals surface area contributed by atoms with Crippen LogP contribution in [0.25, 0.3) is 10.9 Å². The van der Waals surface area contributed by atoms with Crippen molar-refractivity contribution in [2.45, 2.75) is 19.4 Å². The molecule has 0 saturated carbocycles. The van der Waals surface area contributed by atoms with Crippen LogP contribution in [0, 0.1) is 5.82 Å². The Kier molecular flexibility index (Phi) is 3.22. The normalized spacial score (nSPS) is 18.8. The Balaban J connectivity index is 1.88. The lowest BCUT2D eigenvalue weighted by atomic mass is 10.2. The summed E-state index contributed by atoms with van der Waals surface area (Å²) in [5.74, 6) is 0.382. The smallest absolute Gasteiger partial charge is 0.224 e. The van der Waals surface area contributed by atoms with E-state index >= 15 is 0 Å². The summed E-state index contributed by atoms with van der Waals surface area (Å²) >= 11 is 0. The minimum Gasteiger partial charge on any atom is -0.364 e. The number of carbonyl (C=O) groups is 1. The van der Waals surface area contributed by atoms with Gasteiger partial charge < -0.3 is 10.2 Å². The molecule has 2 aromatic rings. The van der Waals surface area contributed by atoms with Crippen LogP contribution in [0.15, 0.2) is 24.5 Å². The highest BCUT2D eigenvalue weighted by Crippen LogP contribution is 2.23. The van der Waals surface area contributed by atoms with Gasteiger partial charge in [0.05, 0.1) is 11.6 Å². The molecule has 1 atom stereocenters. The lowest BCUT2D eigenvalue weighted by Gasteiger charge is -2.15. The van der Waals surface area contributed by atoms with Crippen LogP contribution in [0.2, 0.25) is 0 Å². The summed E-state index contributed by atoms with van der Waals surface area (Å²) in [6.07, 6.45) is 1.88. The number of amides is 1. The van der Waals surface area contributed by atoms with Crippen LogP contribution in [-0.4, -0.2) is 39.9 Å². The van der Waals surface area contributed by atoms with E-state index < -0.39 is 0 Å². The van der Waals surface area contributed by atoms with Crippen molar-refractivity contribution >= 4 is 22.6 Å². The third-order valence-corrected chi connectivity index (χ3v) is 3.53. The zero-order valence-corrected chi connectivity index (χ0v) is 11.1. The van der Waals surface area contributed by atoms with Crippen LogP contribution in [0.3, 0.4) is 0 Å². The van der Waals surface area contributed by atoms with Crippen molar-refractivity contribution in [2.24, 2.45) is 0 Å². The molecular formula is C14H15FN4O. The molecule has 0 spiro atoms. The van der Waals surface area contributed by atoms with Gasteiger partial charge in [0.25, 0.3) is 0 Å². The SMILES string of the molecule is CCN1CC(Nc2ncnc3ccc(F)cc23)CC1=O. The maximum atomic E-state index is 13.4. The molecule has 2 heterocycles. The first-order valence-electron chi connectivity index (χ1n) is 6.62. The molecule has 1 aliphatic rings. The van der Waals surface area contributed by atoms with Gasteiger partial charge >= 0.3 is 0 Å². The van der Waals surface area contributed by atoms with Crippen LogP contribution in [0.1, 0.15) is 13.3 Å². The van der Waals surface area contributed by atoms with E-state index in [1.54, 1.807) is 11.0 Å². The molecule has 1 N–H and O–H groups in total. The van der Waals surface area contributed by atoms with E-state index in [4.69, 9.17) is 0 Å². The Labute approximate surface area is 115 Å². The van der Waals surface area contributed by atoms with Crippen molar-refractivity contribution in [1.29, 1.82) is 0 Å². The molecule has 5 nitrogen and oxygen atoms in total. The van der Waals surface area contributed by atoms with Gasteiger partial charge in [-0.15, -0.1) is 0 Å². The third kappa shape index (κ3) is 2.29. The number of aromatic nitrogens is 2. The van der Waals surface area contributed by atoms with E-state index in [9.17, 15) is 9.18 Å². The molecule has 1 amide bonds. The van der Waals surface area contributed by atoms with E-state index in [0.717, 1.165) is 0 Å². The minimum absolute atomic E-state index is 0.00353. The van der Waals surface area contributed by atoms with Crippen molar-refractivity contribution in [1.82, 2.24) is 14.9 Å². The number of benzene rings is 1. The summed E-state index contributed by atoms with van der Waals surface area (Å²) < 4.78 is 13.4. The van der Waals surface area contributed by atoms with Gasteiger partial charge in [-0.2, -0.15) is 0 Å². The highest BCUT2D eigenvalue weighted by atomic mass is 19.1. The van der Waals surface area contributed by atoms with Crippen molar-refractivity contribution in [3.8, 4) is 0 Å². The molecule has 1 saturated heterocycles. The lowest BCUT2D eigenvalue weighted by Crippen LogP contribution is -2.27. The molecular weight excluding hydrogens is 259 g/mol. The maximum absolute atomic E-state index is 13.4. The van der Waals surface area contributed by atoms with E-state index in [1.165, 1.54) is 18.5 Å². The summed E-state index contributed by atoms with van der Waals surface area (Å²) in [5, 5.41) is 3.86. The van der Waals surface area contributed by atoms with Gasteiger partial charge in [-0.25, -0.2) is 14.4 Å². The van der Waals surface area contributed by atoms with Gasteiger partial charge in [0, 0.05) is 24.9 Å². The molecule has 1 aliphatic heterocycles. The Morgan fingerprint density at radius 1 is 1.45 bits per heavy atom. The molecule has 1 unspecified atom stereocenters. The summed E-state index contributed by atoms with van der Waals surface area (Å²) in [7, 11) is 0. The standard InChI is InChI=1S/C14H15FN4O/c1-2-19-7-10(6-13(19)20)18-14-11-5-9(15)3-4-12(11)16-8-17-14/h3-5,8,10H,2,6-7H2,1H3,(H,16,17,18). The van der Waals surface area contributed by atoms with Gasteiger partial charge in [0.15, 0.2) is 0 Å². The molecule has 6 heteroatoms. The van der Waals surface area contributed by atoms with E-state index in [2.05, 4.69) is 15.3 Å². The first kappa shape index (κ1) is 12.8. The first-order chi connectivity index (χ1) is 9.67. The number of carbonyl (C=O) groups excluding carboxylic acids is 1. The Morgan fingerprint density at radius 2 is 2.30 bits per heavy atom. The third-order valence-electron chi connectivity index (χ3n) is 3.53. The van der Waals surface area contributed by atoms with Crippen LogP contribution in [0.5, 0.6) is 0 Å². The number of nitrogens with one attached hydrogen (secondary N) is 1. The fourth-order valence-electron chi connectivity index (χ4n) is 2.51. The second-order valence-electron chi connectivity index (χ2n) is 4.86. The number of halogens is 1. The molecule has 0 bridgehead atoms. The summed E-state index contributed by atoms with van der Waals surface area (Å²) in [5.41, 5.74) is 0.681. The number of fused-ring (bicyclic) bond motifs is 1. The van der Waals surface area contributed by atoms with Crippen LogP contribution >= 0.6 is 0 Å². The summed E-state index contributed by atoms with van der Waals surface area (Å²) in [6.45, 7) is 3.31. The molecule has 104 valence electrons. The van der Waals surface area contributed by atoms with E-state index in [0.29, 0.717) is 36.2 Å². The predicted molar refractivity (Wildman–Crippen MR) is 73.8 cm³/mol. The summed E-state index contributed by atoms with van der Waals surface area (Å²) in [4.78, 5) is 21.8. The zero-order chi connectivity index (χ0) is 14.1. The topological polar surface area (TPSA) is 58.1 Å². The molecule has 3 rings (SSSR count). The van der Waals surface area contributed by atoms with Crippen molar-refractivity contribution in [3.05, 3.63) is 30.3 Å². The Morgan fingerprint density at radius 3 is 3.05 bits per heavy atom. The quantitative estimate of drug-likeness (QED) is 0.927. The number of rotatable bonds is 3. The monoisotopic (exact) mass is 274 g/mol. The van der Waals surface area contributed by atoms with Gasteiger partial charge in [-0.1, -0.05) is 0 Å². The molecule has 20 heavy (non-hydrogen) atoms. The van der Waals surface area contributed by atoms with Gasteiger partial charge in [-0.3, -0.25) is 4.79 Å². The predicted octanol–water partition coefficient (Wildman–Crippen LogP) is 1.80. The average molecular weight is 274 g/mol. The second-order valence-corrected chi connectivity index (χ2v) is 4.86. The number of likely N-dealkylation sites (N-methyl/N-ethyl adjacent to an activating group) is 1.